The zero-order chi connectivity index (χ0) is 17.3. The molecule has 0 spiro atoms. The van der Waals surface area contributed by atoms with Gasteiger partial charge in [-0.05, 0) is 45.1 Å². The summed E-state index contributed by atoms with van der Waals surface area (Å²) in [6, 6.07) is 0.324. The second kappa shape index (κ2) is 7.40. The minimum atomic E-state index is -0.156. The molecule has 1 aliphatic rings. The molecule has 1 saturated carbocycles. The first kappa shape index (κ1) is 17.7. The molecule has 1 aliphatic carbocycles. The molecule has 0 saturated heterocycles. The maximum Gasteiger partial charge on any atom is 0.233 e. The van der Waals surface area contributed by atoms with Crippen LogP contribution in [0.1, 0.15) is 50.0 Å². The fraction of sp³-hybridized carbons (Fsp3) is 0.611. The molecule has 3 rings (SSSR count). The number of hydrogen-bond donors (Lipinski definition) is 1. The zero-order valence-electron chi connectivity index (χ0n) is 14.8. The number of carbonyl (C=O) groups excluding carboxylic acids is 1. The topological polar surface area (TPSA) is 54.9 Å². The first-order valence-corrected chi connectivity index (χ1v) is 10.3. The Hall–Kier alpha value is -1.14. The molecule has 0 aliphatic heterocycles. The number of aromatic nitrogens is 2. The van der Waals surface area contributed by atoms with Crippen molar-refractivity contribution in [2.45, 2.75) is 69.7 Å². The molecule has 1 fully saturated rings. The third kappa shape index (κ3) is 3.59. The molecule has 2 aromatic heterocycles. The molecule has 130 valence electrons. The SMILES string of the molecule is Cc1sc2ncnc(SC(C)C(=O)NC3CCCCC3C)c2c1C. The first-order valence-electron chi connectivity index (χ1n) is 8.65. The van der Waals surface area contributed by atoms with Crippen LogP contribution in [0.2, 0.25) is 0 Å². The minimum absolute atomic E-state index is 0.120. The Morgan fingerprint density at radius 1 is 1.33 bits per heavy atom. The van der Waals surface area contributed by atoms with Gasteiger partial charge in [0.05, 0.1) is 5.25 Å². The number of rotatable bonds is 4. The molecule has 4 nitrogen and oxygen atoms in total. The summed E-state index contributed by atoms with van der Waals surface area (Å²) in [5.74, 6) is 0.697. The van der Waals surface area contributed by atoms with Crippen molar-refractivity contribution in [2.24, 2.45) is 5.92 Å². The van der Waals surface area contributed by atoms with E-state index in [1.165, 1.54) is 29.7 Å². The van der Waals surface area contributed by atoms with Crippen LogP contribution in [0.5, 0.6) is 0 Å². The molecule has 0 radical (unpaired) electrons. The van der Waals surface area contributed by atoms with Crippen molar-refractivity contribution in [1.82, 2.24) is 15.3 Å². The fourth-order valence-electron chi connectivity index (χ4n) is 3.29. The van der Waals surface area contributed by atoms with Crippen LogP contribution in [0.25, 0.3) is 10.2 Å². The van der Waals surface area contributed by atoms with Crippen LogP contribution in [-0.2, 0) is 4.79 Å². The third-order valence-corrected chi connectivity index (χ3v) is 7.24. The van der Waals surface area contributed by atoms with Gasteiger partial charge in [-0.15, -0.1) is 11.3 Å². The number of fused-ring (bicyclic) bond motifs is 1. The molecule has 1 N–H and O–H groups in total. The van der Waals surface area contributed by atoms with E-state index in [1.807, 2.05) is 6.92 Å². The van der Waals surface area contributed by atoms with E-state index < -0.39 is 0 Å². The minimum Gasteiger partial charge on any atom is -0.352 e. The Labute approximate surface area is 151 Å². The van der Waals surface area contributed by atoms with E-state index in [-0.39, 0.29) is 11.2 Å². The number of nitrogens with zero attached hydrogens (tertiary/aromatic N) is 2. The van der Waals surface area contributed by atoms with Crippen molar-refractivity contribution in [3.8, 4) is 0 Å². The van der Waals surface area contributed by atoms with Gasteiger partial charge in [0.25, 0.3) is 0 Å². The zero-order valence-corrected chi connectivity index (χ0v) is 16.4. The van der Waals surface area contributed by atoms with Crippen LogP contribution in [-0.4, -0.2) is 27.2 Å². The van der Waals surface area contributed by atoms with Gasteiger partial charge in [0.2, 0.25) is 5.91 Å². The summed E-state index contributed by atoms with van der Waals surface area (Å²) in [5.41, 5.74) is 1.23. The van der Waals surface area contributed by atoms with Gasteiger partial charge in [-0.25, -0.2) is 9.97 Å². The lowest BCUT2D eigenvalue weighted by atomic mass is 9.86. The van der Waals surface area contributed by atoms with Crippen molar-refractivity contribution in [1.29, 1.82) is 0 Å². The molecule has 2 heterocycles. The number of thiophene rings is 1. The van der Waals surface area contributed by atoms with Gasteiger partial charge >= 0.3 is 0 Å². The Kier molecular flexibility index (Phi) is 5.45. The van der Waals surface area contributed by atoms with Crippen LogP contribution in [0.15, 0.2) is 11.4 Å². The van der Waals surface area contributed by atoms with Crippen molar-refractivity contribution >= 4 is 39.2 Å². The third-order valence-electron chi connectivity index (χ3n) is 5.03. The number of thioether (sulfide) groups is 1. The van der Waals surface area contributed by atoms with Crippen LogP contribution < -0.4 is 5.32 Å². The highest BCUT2D eigenvalue weighted by Gasteiger charge is 2.26. The molecular formula is C18H25N3OS2. The highest BCUT2D eigenvalue weighted by atomic mass is 32.2. The van der Waals surface area contributed by atoms with Gasteiger partial charge in [-0.3, -0.25) is 4.79 Å². The Morgan fingerprint density at radius 3 is 2.83 bits per heavy atom. The smallest absolute Gasteiger partial charge is 0.233 e. The maximum atomic E-state index is 12.6. The molecule has 3 atom stereocenters. The van der Waals surface area contributed by atoms with Gasteiger partial charge in [0, 0.05) is 16.3 Å². The lowest BCUT2D eigenvalue weighted by Crippen LogP contribution is -2.44. The van der Waals surface area contributed by atoms with E-state index in [0.29, 0.717) is 12.0 Å². The summed E-state index contributed by atoms with van der Waals surface area (Å²) in [4.78, 5) is 23.7. The standard InChI is InChI=1S/C18H25N3OS2/c1-10-7-5-6-8-14(10)21-16(22)13(4)24-18-15-11(2)12(3)23-17(15)19-9-20-18/h9-10,13-14H,5-8H2,1-4H3,(H,21,22). The predicted molar refractivity (Wildman–Crippen MR) is 102 cm³/mol. The summed E-state index contributed by atoms with van der Waals surface area (Å²) in [7, 11) is 0. The lowest BCUT2D eigenvalue weighted by Gasteiger charge is -2.30. The summed E-state index contributed by atoms with van der Waals surface area (Å²) in [5, 5.41) is 5.13. The monoisotopic (exact) mass is 363 g/mol. The van der Waals surface area contributed by atoms with Crippen molar-refractivity contribution in [2.75, 3.05) is 0 Å². The van der Waals surface area contributed by atoms with E-state index in [2.05, 4.69) is 36.1 Å². The van der Waals surface area contributed by atoms with Crippen LogP contribution in [0.4, 0.5) is 0 Å². The van der Waals surface area contributed by atoms with E-state index in [4.69, 9.17) is 0 Å². The number of carbonyl (C=O) groups is 1. The van der Waals surface area contributed by atoms with E-state index in [0.717, 1.165) is 21.7 Å². The summed E-state index contributed by atoms with van der Waals surface area (Å²) >= 11 is 3.23. The Balaban J connectivity index is 1.72. The highest BCUT2D eigenvalue weighted by molar-refractivity contribution is 8.00. The summed E-state index contributed by atoms with van der Waals surface area (Å²) < 4.78 is 0. The van der Waals surface area contributed by atoms with Crippen LogP contribution in [0, 0.1) is 19.8 Å². The average molecular weight is 364 g/mol. The predicted octanol–water partition coefficient (Wildman–Crippen LogP) is 4.48. The number of aryl methyl sites for hydroxylation is 2. The molecule has 0 bridgehead atoms. The van der Waals surface area contributed by atoms with Crippen molar-refractivity contribution in [3.63, 3.8) is 0 Å². The second-order valence-electron chi connectivity index (χ2n) is 6.78. The van der Waals surface area contributed by atoms with Crippen LogP contribution >= 0.6 is 23.1 Å². The molecule has 24 heavy (non-hydrogen) atoms. The first-order chi connectivity index (χ1) is 11.5. The van der Waals surface area contributed by atoms with Gasteiger partial charge < -0.3 is 5.32 Å². The molecule has 3 unspecified atom stereocenters. The van der Waals surface area contributed by atoms with Crippen LogP contribution in [0.3, 0.4) is 0 Å². The van der Waals surface area contributed by atoms with E-state index >= 15 is 0 Å². The molecule has 2 aromatic rings. The van der Waals surface area contributed by atoms with E-state index in [9.17, 15) is 4.79 Å². The second-order valence-corrected chi connectivity index (χ2v) is 9.31. The molecule has 1 amide bonds. The average Bonchev–Trinajstić information content (AvgIpc) is 2.85. The molecule has 6 heteroatoms. The van der Waals surface area contributed by atoms with Crippen molar-refractivity contribution in [3.05, 3.63) is 16.8 Å². The summed E-state index contributed by atoms with van der Waals surface area (Å²) in [6.07, 6.45) is 6.43. The quantitative estimate of drug-likeness (QED) is 0.642. The van der Waals surface area contributed by atoms with E-state index in [1.54, 1.807) is 29.4 Å². The maximum absolute atomic E-state index is 12.6. The number of nitrogens with one attached hydrogen (secondary N) is 1. The lowest BCUT2D eigenvalue weighted by molar-refractivity contribution is -0.121. The van der Waals surface area contributed by atoms with Gasteiger partial charge in [0.1, 0.15) is 16.2 Å². The Morgan fingerprint density at radius 2 is 2.08 bits per heavy atom. The largest absolute Gasteiger partial charge is 0.352 e. The summed E-state index contributed by atoms with van der Waals surface area (Å²) in [6.45, 7) is 8.43. The number of amides is 1. The van der Waals surface area contributed by atoms with Gasteiger partial charge in [-0.1, -0.05) is 31.5 Å². The van der Waals surface area contributed by atoms with Gasteiger partial charge in [-0.2, -0.15) is 0 Å². The number of hydrogen-bond acceptors (Lipinski definition) is 5. The highest BCUT2D eigenvalue weighted by Crippen LogP contribution is 2.36. The Bertz CT molecular complexity index is 743. The van der Waals surface area contributed by atoms with Gasteiger partial charge in [0.15, 0.2) is 0 Å². The van der Waals surface area contributed by atoms with Crippen molar-refractivity contribution < 1.29 is 4.79 Å². The normalized spacial score (nSPS) is 22.5. The molecule has 0 aromatic carbocycles. The molecular weight excluding hydrogens is 338 g/mol. The fourth-order valence-corrected chi connectivity index (χ4v) is 5.34.